The van der Waals surface area contributed by atoms with Crippen LogP contribution in [0, 0.1) is 6.92 Å². The summed E-state index contributed by atoms with van der Waals surface area (Å²) in [7, 11) is 2.10. The molecule has 0 aromatic heterocycles. The van der Waals surface area contributed by atoms with Crippen molar-refractivity contribution in [1.29, 1.82) is 0 Å². The van der Waals surface area contributed by atoms with Crippen molar-refractivity contribution in [1.82, 2.24) is 0 Å². The number of nitrogen functional groups attached to an aromatic ring is 1. The molecule has 0 spiro atoms. The molecule has 0 bridgehead atoms. The zero-order valence-electron chi connectivity index (χ0n) is 10.1. The summed E-state index contributed by atoms with van der Waals surface area (Å²) in [6, 6.07) is 6.06. The van der Waals surface area contributed by atoms with Crippen molar-refractivity contribution in [3.8, 4) is 0 Å². The molecule has 1 aliphatic heterocycles. The lowest BCUT2D eigenvalue weighted by Crippen LogP contribution is -2.29. The summed E-state index contributed by atoms with van der Waals surface area (Å²) in [5, 5.41) is 0. The van der Waals surface area contributed by atoms with Crippen LogP contribution < -0.4 is 10.6 Å². The third kappa shape index (κ3) is 2.30. The predicted molar refractivity (Wildman–Crippen MR) is 67.8 cm³/mol. The van der Waals surface area contributed by atoms with Crippen molar-refractivity contribution in [2.24, 2.45) is 0 Å². The Balaban J connectivity index is 2.07. The van der Waals surface area contributed by atoms with E-state index in [2.05, 4.69) is 24.9 Å². The van der Waals surface area contributed by atoms with Crippen molar-refractivity contribution in [2.75, 3.05) is 30.8 Å². The molecule has 0 saturated carbocycles. The minimum atomic E-state index is 0.380. The van der Waals surface area contributed by atoms with Crippen LogP contribution in [0.1, 0.15) is 18.4 Å². The fourth-order valence-electron chi connectivity index (χ4n) is 2.25. The lowest BCUT2D eigenvalue weighted by atomic mass is 10.1. The number of benzene rings is 1. The van der Waals surface area contributed by atoms with Gasteiger partial charge in [-0.1, -0.05) is 6.07 Å². The van der Waals surface area contributed by atoms with Crippen molar-refractivity contribution >= 4 is 11.4 Å². The van der Waals surface area contributed by atoms with Gasteiger partial charge < -0.3 is 15.4 Å². The highest BCUT2D eigenvalue weighted by Crippen LogP contribution is 2.25. The number of nitrogens with zero attached hydrogens (tertiary/aromatic N) is 1. The number of likely N-dealkylation sites (N-methyl/N-ethyl adjacent to an activating group) is 1. The number of hydrogen-bond acceptors (Lipinski definition) is 3. The SMILES string of the molecule is Cc1c(N)cccc1N(C)CC1CCCO1. The van der Waals surface area contributed by atoms with Gasteiger partial charge in [0.05, 0.1) is 6.10 Å². The lowest BCUT2D eigenvalue weighted by Gasteiger charge is -2.24. The molecule has 1 aromatic carbocycles. The summed E-state index contributed by atoms with van der Waals surface area (Å²) in [5.74, 6) is 0. The van der Waals surface area contributed by atoms with Gasteiger partial charge in [-0.05, 0) is 37.5 Å². The van der Waals surface area contributed by atoms with Crippen LogP contribution in [-0.2, 0) is 4.74 Å². The van der Waals surface area contributed by atoms with E-state index in [1.165, 1.54) is 18.5 Å². The Kier molecular flexibility index (Phi) is 3.34. The number of rotatable bonds is 3. The number of nitrogens with two attached hydrogens (primary N) is 1. The summed E-state index contributed by atoms with van der Waals surface area (Å²) >= 11 is 0. The first-order valence-corrected chi connectivity index (χ1v) is 5.86. The summed E-state index contributed by atoms with van der Waals surface area (Å²) in [4.78, 5) is 2.24. The van der Waals surface area contributed by atoms with E-state index in [9.17, 15) is 0 Å². The van der Waals surface area contributed by atoms with E-state index in [4.69, 9.17) is 10.5 Å². The van der Waals surface area contributed by atoms with Gasteiger partial charge in [-0.15, -0.1) is 0 Å². The summed E-state index contributed by atoms with van der Waals surface area (Å²) in [5.41, 5.74) is 9.13. The topological polar surface area (TPSA) is 38.5 Å². The summed E-state index contributed by atoms with van der Waals surface area (Å²) in [6.45, 7) is 3.93. The molecule has 0 radical (unpaired) electrons. The number of anilines is 2. The van der Waals surface area contributed by atoms with E-state index in [1.54, 1.807) is 0 Å². The molecule has 3 heteroatoms. The fraction of sp³-hybridized carbons (Fsp3) is 0.538. The largest absolute Gasteiger partial charge is 0.398 e. The normalized spacial score (nSPS) is 20.0. The van der Waals surface area contributed by atoms with Crippen LogP contribution in [0.3, 0.4) is 0 Å². The quantitative estimate of drug-likeness (QED) is 0.794. The highest BCUT2D eigenvalue weighted by Gasteiger charge is 2.18. The molecule has 1 aromatic rings. The maximum atomic E-state index is 5.91. The Morgan fingerprint density at radius 1 is 1.50 bits per heavy atom. The van der Waals surface area contributed by atoms with Crippen molar-refractivity contribution < 1.29 is 4.74 Å². The average Bonchev–Trinajstić information content (AvgIpc) is 2.74. The third-order valence-corrected chi connectivity index (χ3v) is 3.26. The molecule has 1 saturated heterocycles. The molecule has 2 rings (SSSR count). The second-order valence-corrected chi connectivity index (χ2v) is 4.51. The first kappa shape index (κ1) is 11.3. The Labute approximate surface area is 97.2 Å². The van der Waals surface area contributed by atoms with E-state index in [0.29, 0.717) is 6.10 Å². The monoisotopic (exact) mass is 220 g/mol. The molecule has 1 atom stereocenters. The van der Waals surface area contributed by atoms with Crippen LogP contribution in [0.15, 0.2) is 18.2 Å². The molecule has 1 unspecified atom stereocenters. The second-order valence-electron chi connectivity index (χ2n) is 4.51. The summed E-state index contributed by atoms with van der Waals surface area (Å²) in [6.07, 6.45) is 2.74. The van der Waals surface area contributed by atoms with Crippen LogP contribution in [-0.4, -0.2) is 26.3 Å². The van der Waals surface area contributed by atoms with Gasteiger partial charge in [0.25, 0.3) is 0 Å². The first-order chi connectivity index (χ1) is 7.68. The van der Waals surface area contributed by atoms with E-state index < -0.39 is 0 Å². The molecule has 1 aliphatic rings. The van der Waals surface area contributed by atoms with E-state index in [0.717, 1.165) is 24.4 Å². The van der Waals surface area contributed by atoms with Gasteiger partial charge in [-0.2, -0.15) is 0 Å². The van der Waals surface area contributed by atoms with E-state index in [1.807, 2.05) is 12.1 Å². The lowest BCUT2D eigenvalue weighted by molar-refractivity contribution is 0.116. The molecule has 88 valence electrons. The third-order valence-electron chi connectivity index (χ3n) is 3.26. The standard InChI is InChI=1S/C13H20N2O/c1-10-12(14)6-3-7-13(10)15(2)9-11-5-4-8-16-11/h3,6-7,11H,4-5,8-9,14H2,1-2H3. The van der Waals surface area contributed by atoms with Gasteiger partial charge in [0.15, 0.2) is 0 Å². The number of ether oxygens (including phenoxy) is 1. The Morgan fingerprint density at radius 2 is 2.31 bits per heavy atom. The molecule has 2 N–H and O–H groups in total. The number of hydrogen-bond donors (Lipinski definition) is 1. The Bertz CT molecular complexity index is 359. The van der Waals surface area contributed by atoms with Gasteiger partial charge in [-0.3, -0.25) is 0 Å². The van der Waals surface area contributed by atoms with Crippen LogP contribution in [0.4, 0.5) is 11.4 Å². The molecule has 16 heavy (non-hydrogen) atoms. The molecule has 0 amide bonds. The van der Waals surface area contributed by atoms with Crippen molar-refractivity contribution in [3.05, 3.63) is 23.8 Å². The minimum absolute atomic E-state index is 0.380. The Morgan fingerprint density at radius 3 is 3.00 bits per heavy atom. The fourth-order valence-corrected chi connectivity index (χ4v) is 2.25. The summed E-state index contributed by atoms with van der Waals surface area (Å²) < 4.78 is 5.64. The van der Waals surface area contributed by atoms with E-state index in [-0.39, 0.29) is 0 Å². The zero-order chi connectivity index (χ0) is 11.5. The minimum Gasteiger partial charge on any atom is -0.398 e. The van der Waals surface area contributed by atoms with Crippen molar-refractivity contribution in [3.63, 3.8) is 0 Å². The highest BCUT2D eigenvalue weighted by molar-refractivity contribution is 5.63. The molecule has 1 heterocycles. The van der Waals surface area contributed by atoms with Crippen molar-refractivity contribution in [2.45, 2.75) is 25.9 Å². The maximum absolute atomic E-state index is 5.91. The van der Waals surface area contributed by atoms with Gasteiger partial charge in [0, 0.05) is 31.6 Å². The smallest absolute Gasteiger partial charge is 0.0750 e. The van der Waals surface area contributed by atoms with Gasteiger partial charge in [-0.25, -0.2) is 0 Å². The van der Waals surface area contributed by atoms with Crippen LogP contribution >= 0.6 is 0 Å². The Hall–Kier alpha value is -1.22. The predicted octanol–water partition coefficient (Wildman–Crippen LogP) is 2.19. The van der Waals surface area contributed by atoms with Crippen LogP contribution in [0.2, 0.25) is 0 Å². The molecule has 0 aliphatic carbocycles. The maximum Gasteiger partial charge on any atom is 0.0750 e. The zero-order valence-corrected chi connectivity index (χ0v) is 10.1. The van der Waals surface area contributed by atoms with Crippen LogP contribution in [0.5, 0.6) is 0 Å². The highest BCUT2D eigenvalue weighted by atomic mass is 16.5. The van der Waals surface area contributed by atoms with Gasteiger partial charge in [0.2, 0.25) is 0 Å². The molecule has 1 fully saturated rings. The van der Waals surface area contributed by atoms with E-state index >= 15 is 0 Å². The molecule has 3 nitrogen and oxygen atoms in total. The molecular formula is C13H20N2O. The molecular weight excluding hydrogens is 200 g/mol. The first-order valence-electron chi connectivity index (χ1n) is 5.86. The van der Waals surface area contributed by atoms with Gasteiger partial charge in [0.1, 0.15) is 0 Å². The second kappa shape index (κ2) is 4.74. The average molecular weight is 220 g/mol. The van der Waals surface area contributed by atoms with Gasteiger partial charge >= 0.3 is 0 Å². The van der Waals surface area contributed by atoms with Crippen LogP contribution in [0.25, 0.3) is 0 Å².